The lowest BCUT2D eigenvalue weighted by Crippen LogP contribution is -2.44. The smallest absolute Gasteiger partial charge is 0.267 e. The van der Waals surface area contributed by atoms with Crippen LogP contribution in [-0.4, -0.2) is 48.1 Å². The van der Waals surface area contributed by atoms with Crippen molar-refractivity contribution in [2.24, 2.45) is 5.10 Å². The number of likely N-dealkylation sites (N-methyl/N-ethyl adjacent to an activating group) is 1. The molecule has 1 aromatic carbocycles. The summed E-state index contributed by atoms with van der Waals surface area (Å²) in [7, 11) is 0. The van der Waals surface area contributed by atoms with E-state index in [0.717, 1.165) is 36.3 Å². The lowest BCUT2D eigenvalue weighted by atomic mass is 10.1. The Morgan fingerprint density at radius 1 is 1.31 bits per heavy atom. The number of rotatable bonds is 5. The average molecular weight is 356 g/mol. The molecule has 1 fully saturated rings. The molecule has 1 N–H and O–H groups in total. The molecule has 2 heterocycles. The van der Waals surface area contributed by atoms with Crippen LogP contribution >= 0.6 is 0 Å². The van der Waals surface area contributed by atoms with E-state index in [1.807, 2.05) is 32.0 Å². The van der Waals surface area contributed by atoms with Gasteiger partial charge in [-0.1, -0.05) is 19.1 Å². The van der Waals surface area contributed by atoms with Gasteiger partial charge in [-0.15, -0.1) is 0 Å². The van der Waals surface area contributed by atoms with Gasteiger partial charge in [0.2, 0.25) is 5.91 Å². The first kappa shape index (κ1) is 18.6. The van der Waals surface area contributed by atoms with Crippen LogP contribution in [0, 0.1) is 13.8 Å². The second kappa shape index (κ2) is 7.99. The number of hydrazone groups is 1. The van der Waals surface area contributed by atoms with E-state index in [2.05, 4.69) is 22.2 Å². The standard InChI is InChI=1S/C20H28N4O2/c1-4-23-11-5-6-16(23)13-21-20(26)17-9-10-19(25)24(22-17)18-12-14(2)7-8-15(18)3/h7-8,12,16H,4-6,9-11,13H2,1-3H3,(H,21,26). The van der Waals surface area contributed by atoms with E-state index in [1.165, 1.54) is 11.4 Å². The van der Waals surface area contributed by atoms with E-state index in [1.54, 1.807) is 0 Å². The van der Waals surface area contributed by atoms with Gasteiger partial charge in [0, 0.05) is 25.4 Å². The molecule has 1 atom stereocenters. The van der Waals surface area contributed by atoms with Crippen LogP contribution in [0.25, 0.3) is 0 Å². The summed E-state index contributed by atoms with van der Waals surface area (Å²) in [6.07, 6.45) is 3.01. The molecule has 0 aromatic heterocycles. The highest BCUT2D eigenvalue weighted by Gasteiger charge is 2.28. The third kappa shape index (κ3) is 3.96. The minimum Gasteiger partial charge on any atom is -0.349 e. The van der Waals surface area contributed by atoms with E-state index in [9.17, 15) is 9.59 Å². The molecular formula is C20H28N4O2. The third-order valence-corrected chi connectivity index (χ3v) is 5.29. The van der Waals surface area contributed by atoms with Crippen molar-refractivity contribution in [3.8, 4) is 0 Å². The van der Waals surface area contributed by atoms with Gasteiger partial charge in [-0.3, -0.25) is 14.5 Å². The summed E-state index contributed by atoms with van der Waals surface area (Å²) in [5.74, 6) is -0.223. The summed E-state index contributed by atoms with van der Waals surface area (Å²) in [5, 5.41) is 8.81. The normalized spacial score (nSPS) is 21.0. The zero-order valence-corrected chi connectivity index (χ0v) is 15.9. The first-order chi connectivity index (χ1) is 12.5. The summed E-state index contributed by atoms with van der Waals surface area (Å²) in [5.41, 5.74) is 3.23. The molecule has 1 unspecified atom stereocenters. The van der Waals surface area contributed by atoms with Crippen molar-refractivity contribution >= 4 is 23.2 Å². The first-order valence-electron chi connectivity index (χ1n) is 9.49. The largest absolute Gasteiger partial charge is 0.349 e. The number of likely N-dealkylation sites (tertiary alicyclic amines) is 1. The van der Waals surface area contributed by atoms with Crippen molar-refractivity contribution in [2.45, 2.75) is 52.5 Å². The minimum atomic E-state index is -0.157. The van der Waals surface area contributed by atoms with E-state index in [0.29, 0.717) is 31.1 Å². The van der Waals surface area contributed by atoms with Crippen LogP contribution in [0.4, 0.5) is 5.69 Å². The molecule has 1 saturated heterocycles. The fourth-order valence-electron chi connectivity index (χ4n) is 3.71. The summed E-state index contributed by atoms with van der Waals surface area (Å²) in [6, 6.07) is 6.33. The van der Waals surface area contributed by atoms with Crippen LogP contribution in [-0.2, 0) is 9.59 Å². The molecular weight excluding hydrogens is 328 g/mol. The van der Waals surface area contributed by atoms with E-state index >= 15 is 0 Å². The van der Waals surface area contributed by atoms with Gasteiger partial charge in [-0.05, 0) is 57.0 Å². The number of nitrogens with zero attached hydrogens (tertiary/aromatic N) is 3. The number of nitrogens with one attached hydrogen (secondary N) is 1. The van der Waals surface area contributed by atoms with Crippen LogP contribution in [0.2, 0.25) is 0 Å². The predicted molar refractivity (Wildman–Crippen MR) is 103 cm³/mol. The number of carbonyl (C=O) groups is 2. The second-order valence-electron chi connectivity index (χ2n) is 7.18. The van der Waals surface area contributed by atoms with Crippen molar-refractivity contribution in [1.82, 2.24) is 10.2 Å². The molecule has 1 aromatic rings. The molecule has 2 aliphatic rings. The molecule has 2 aliphatic heterocycles. The van der Waals surface area contributed by atoms with Crippen molar-refractivity contribution in [2.75, 3.05) is 24.6 Å². The van der Waals surface area contributed by atoms with Crippen LogP contribution in [0.5, 0.6) is 0 Å². The Morgan fingerprint density at radius 3 is 2.88 bits per heavy atom. The Bertz CT molecular complexity index is 729. The number of carbonyl (C=O) groups excluding carboxylic acids is 2. The Labute approximate surface area is 155 Å². The van der Waals surface area contributed by atoms with Crippen molar-refractivity contribution in [3.63, 3.8) is 0 Å². The van der Waals surface area contributed by atoms with Crippen LogP contribution in [0.3, 0.4) is 0 Å². The Balaban J connectivity index is 1.71. The number of benzene rings is 1. The van der Waals surface area contributed by atoms with Gasteiger partial charge < -0.3 is 5.32 Å². The molecule has 2 amide bonds. The molecule has 0 radical (unpaired) electrons. The molecule has 0 aliphatic carbocycles. The maximum absolute atomic E-state index is 12.6. The number of hydrogen-bond donors (Lipinski definition) is 1. The maximum Gasteiger partial charge on any atom is 0.267 e. The van der Waals surface area contributed by atoms with Gasteiger partial charge in [0.15, 0.2) is 0 Å². The van der Waals surface area contributed by atoms with E-state index in [4.69, 9.17) is 0 Å². The lowest BCUT2D eigenvalue weighted by Gasteiger charge is -2.26. The highest BCUT2D eigenvalue weighted by Crippen LogP contribution is 2.25. The summed E-state index contributed by atoms with van der Waals surface area (Å²) in [4.78, 5) is 27.3. The molecule has 6 nitrogen and oxygen atoms in total. The molecule has 0 bridgehead atoms. The number of aryl methyl sites for hydroxylation is 2. The summed E-state index contributed by atoms with van der Waals surface area (Å²) < 4.78 is 0. The van der Waals surface area contributed by atoms with E-state index < -0.39 is 0 Å². The third-order valence-electron chi connectivity index (χ3n) is 5.29. The zero-order chi connectivity index (χ0) is 18.7. The molecule has 0 saturated carbocycles. The van der Waals surface area contributed by atoms with Crippen molar-refractivity contribution in [3.05, 3.63) is 29.3 Å². The highest BCUT2D eigenvalue weighted by atomic mass is 16.2. The lowest BCUT2D eigenvalue weighted by molar-refractivity contribution is -0.119. The Hall–Kier alpha value is -2.21. The molecule has 26 heavy (non-hydrogen) atoms. The van der Waals surface area contributed by atoms with Gasteiger partial charge in [-0.25, -0.2) is 5.01 Å². The molecule has 0 spiro atoms. The van der Waals surface area contributed by atoms with Gasteiger partial charge in [0.25, 0.3) is 5.91 Å². The van der Waals surface area contributed by atoms with Crippen molar-refractivity contribution < 1.29 is 9.59 Å². The fraction of sp³-hybridized carbons (Fsp3) is 0.550. The van der Waals surface area contributed by atoms with Crippen LogP contribution < -0.4 is 10.3 Å². The Morgan fingerprint density at radius 2 is 2.12 bits per heavy atom. The quantitative estimate of drug-likeness (QED) is 0.881. The number of hydrogen-bond acceptors (Lipinski definition) is 4. The average Bonchev–Trinajstić information content (AvgIpc) is 3.10. The summed E-state index contributed by atoms with van der Waals surface area (Å²) in [6.45, 7) is 8.84. The Kier molecular flexibility index (Phi) is 5.71. The highest BCUT2D eigenvalue weighted by molar-refractivity contribution is 6.40. The molecule has 6 heteroatoms. The van der Waals surface area contributed by atoms with Crippen LogP contribution in [0.15, 0.2) is 23.3 Å². The van der Waals surface area contributed by atoms with Gasteiger partial charge in [0.1, 0.15) is 5.71 Å². The molecule has 3 rings (SSSR count). The van der Waals surface area contributed by atoms with Crippen molar-refractivity contribution in [1.29, 1.82) is 0 Å². The van der Waals surface area contributed by atoms with E-state index in [-0.39, 0.29) is 11.8 Å². The number of anilines is 1. The van der Waals surface area contributed by atoms with Gasteiger partial charge >= 0.3 is 0 Å². The SMILES string of the molecule is CCN1CCCC1CNC(=O)C1=NN(c2cc(C)ccc2C)C(=O)CC1. The van der Waals surface area contributed by atoms with Gasteiger partial charge in [0.05, 0.1) is 5.69 Å². The van der Waals surface area contributed by atoms with Gasteiger partial charge in [-0.2, -0.15) is 5.10 Å². The topological polar surface area (TPSA) is 65.0 Å². The fourth-order valence-corrected chi connectivity index (χ4v) is 3.71. The second-order valence-corrected chi connectivity index (χ2v) is 7.18. The first-order valence-corrected chi connectivity index (χ1v) is 9.49. The zero-order valence-electron chi connectivity index (χ0n) is 15.9. The minimum absolute atomic E-state index is 0.0665. The monoisotopic (exact) mass is 356 g/mol. The van der Waals surface area contributed by atoms with Crippen LogP contribution in [0.1, 0.15) is 43.7 Å². The predicted octanol–water partition coefficient (Wildman–Crippen LogP) is 2.39. The molecule has 140 valence electrons. The summed E-state index contributed by atoms with van der Waals surface area (Å²) >= 11 is 0. The number of amides is 2. The maximum atomic E-state index is 12.6.